The Morgan fingerprint density at radius 2 is 2.05 bits per heavy atom. The van der Waals surface area contributed by atoms with Gasteiger partial charge in [-0.1, -0.05) is 6.07 Å². The average molecular weight is 313 g/mol. The Balaban J connectivity index is 2.55. The molecule has 0 spiro atoms. The number of carbonyl (C=O) groups excluding carboxylic acids is 2. The van der Waals surface area contributed by atoms with Crippen LogP contribution in [-0.2, 0) is 25.5 Å². The Kier molecular flexibility index (Phi) is 5.90. The van der Waals surface area contributed by atoms with Gasteiger partial charge in [-0.2, -0.15) is 0 Å². The second-order valence-electron chi connectivity index (χ2n) is 5.51. The van der Waals surface area contributed by atoms with E-state index in [1.165, 1.54) is 11.3 Å². The van der Waals surface area contributed by atoms with Gasteiger partial charge in [0.1, 0.15) is 11.6 Å². The first-order chi connectivity index (χ1) is 9.67. The SMILES string of the molecule is CC(C)(C)OC(=O)C[C@H](NC(=O)Cc1cccs1)C(=O)O. The first kappa shape index (κ1) is 17.2. The minimum atomic E-state index is -1.28. The van der Waals surface area contributed by atoms with Crippen molar-refractivity contribution in [3.05, 3.63) is 22.4 Å². The topological polar surface area (TPSA) is 92.7 Å². The summed E-state index contributed by atoms with van der Waals surface area (Å²) in [6, 6.07) is 2.31. The molecule has 1 rings (SSSR count). The molecule has 6 nitrogen and oxygen atoms in total. The smallest absolute Gasteiger partial charge is 0.326 e. The number of hydrogen-bond donors (Lipinski definition) is 2. The van der Waals surface area contributed by atoms with Gasteiger partial charge in [0.05, 0.1) is 12.8 Å². The van der Waals surface area contributed by atoms with Crippen LogP contribution in [0.1, 0.15) is 32.1 Å². The zero-order chi connectivity index (χ0) is 16.0. The number of hydrogen-bond acceptors (Lipinski definition) is 5. The van der Waals surface area contributed by atoms with Crippen LogP contribution in [0.25, 0.3) is 0 Å². The molecule has 0 aliphatic carbocycles. The molecule has 0 aliphatic rings. The molecule has 1 aromatic rings. The third-order valence-electron chi connectivity index (χ3n) is 2.34. The van der Waals surface area contributed by atoms with Crippen molar-refractivity contribution in [2.75, 3.05) is 0 Å². The number of nitrogens with one attached hydrogen (secondary N) is 1. The summed E-state index contributed by atoms with van der Waals surface area (Å²) in [4.78, 5) is 35.4. The van der Waals surface area contributed by atoms with Gasteiger partial charge in [-0.25, -0.2) is 4.79 Å². The van der Waals surface area contributed by atoms with Gasteiger partial charge in [0.25, 0.3) is 0 Å². The molecule has 0 radical (unpaired) electrons. The zero-order valence-electron chi connectivity index (χ0n) is 12.2. The molecule has 1 aromatic heterocycles. The van der Waals surface area contributed by atoms with Crippen molar-refractivity contribution in [2.24, 2.45) is 0 Å². The number of carbonyl (C=O) groups is 3. The van der Waals surface area contributed by atoms with Crippen molar-refractivity contribution >= 4 is 29.2 Å². The molecule has 0 saturated heterocycles. The van der Waals surface area contributed by atoms with E-state index in [1.54, 1.807) is 26.8 Å². The molecule has 1 atom stereocenters. The van der Waals surface area contributed by atoms with Gasteiger partial charge in [-0.05, 0) is 32.2 Å². The summed E-state index contributed by atoms with van der Waals surface area (Å²) in [5, 5.41) is 13.2. The third-order valence-corrected chi connectivity index (χ3v) is 3.22. The maximum atomic E-state index is 11.8. The lowest BCUT2D eigenvalue weighted by Crippen LogP contribution is -2.43. The first-order valence-corrected chi connectivity index (χ1v) is 7.32. The fourth-order valence-electron chi connectivity index (χ4n) is 1.57. The monoisotopic (exact) mass is 313 g/mol. The maximum absolute atomic E-state index is 11.8. The van der Waals surface area contributed by atoms with Gasteiger partial charge in [0.2, 0.25) is 5.91 Å². The molecule has 1 heterocycles. The molecule has 0 bridgehead atoms. The van der Waals surface area contributed by atoms with E-state index >= 15 is 0 Å². The second-order valence-corrected chi connectivity index (χ2v) is 6.54. The molecule has 0 unspecified atom stereocenters. The number of ether oxygens (including phenoxy) is 1. The van der Waals surface area contributed by atoms with E-state index in [2.05, 4.69) is 5.32 Å². The second kappa shape index (κ2) is 7.21. The summed E-state index contributed by atoms with van der Waals surface area (Å²) in [5.41, 5.74) is -0.693. The number of esters is 1. The fourth-order valence-corrected chi connectivity index (χ4v) is 2.27. The highest BCUT2D eigenvalue weighted by Gasteiger charge is 2.26. The summed E-state index contributed by atoms with van der Waals surface area (Å²) in [5.74, 6) is -2.36. The largest absolute Gasteiger partial charge is 0.480 e. The fraction of sp³-hybridized carbons (Fsp3) is 0.500. The summed E-state index contributed by atoms with van der Waals surface area (Å²) in [6.07, 6.45) is -0.307. The number of thiophene rings is 1. The van der Waals surface area contributed by atoms with Crippen LogP contribution in [0.3, 0.4) is 0 Å². The molecule has 0 saturated carbocycles. The Hall–Kier alpha value is -1.89. The number of amides is 1. The van der Waals surface area contributed by atoms with Crippen LogP contribution in [0.2, 0.25) is 0 Å². The van der Waals surface area contributed by atoms with Gasteiger partial charge in [-0.15, -0.1) is 11.3 Å². The summed E-state index contributed by atoms with van der Waals surface area (Å²) >= 11 is 1.41. The Labute approximate surface area is 127 Å². The standard InChI is InChI=1S/C14H19NO5S/c1-14(2,3)20-12(17)8-10(13(18)19)15-11(16)7-9-5-4-6-21-9/h4-6,10H,7-8H2,1-3H3,(H,15,16)(H,18,19)/t10-/m0/s1. The Morgan fingerprint density at radius 1 is 1.38 bits per heavy atom. The van der Waals surface area contributed by atoms with E-state index in [1.807, 2.05) is 11.4 Å². The van der Waals surface area contributed by atoms with Crippen LogP contribution in [-0.4, -0.2) is 34.6 Å². The van der Waals surface area contributed by atoms with E-state index in [9.17, 15) is 14.4 Å². The van der Waals surface area contributed by atoms with Crippen LogP contribution in [0.4, 0.5) is 0 Å². The van der Waals surface area contributed by atoms with Gasteiger partial charge in [0, 0.05) is 4.88 Å². The molecular weight excluding hydrogens is 294 g/mol. The maximum Gasteiger partial charge on any atom is 0.326 e. The van der Waals surface area contributed by atoms with Gasteiger partial charge in [-0.3, -0.25) is 9.59 Å². The lowest BCUT2D eigenvalue weighted by atomic mass is 10.1. The highest BCUT2D eigenvalue weighted by atomic mass is 32.1. The Morgan fingerprint density at radius 3 is 2.52 bits per heavy atom. The number of carboxylic acid groups (broad SMARTS) is 1. The summed E-state index contributed by atoms with van der Waals surface area (Å²) < 4.78 is 5.05. The molecular formula is C14H19NO5S. The van der Waals surface area contributed by atoms with Crippen LogP contribution in [0.15, 0.2) is 17.5 Å². The predicted octanol–water partition coefficient (Wildman–Crippen LogP) is 1.59. The normalized spacial score (nSPS) is 12.5. The highest BCUT2D eigenvalue weighted by Crippen LogP contribution is 2.11. The van der Waals surface area contributed by atoms with Crippen molar-refractivity contribution in [1.82, 2.24) is 5.32 Å². The van der Waals surface area contributed by atoms with Crippen molar-refractivity contribution in [3.8, 4) is 0 Å². The molecule has 0 aliphatic heterocycles. The lowest BCUT2D eigenvalue weighted by molar-refractivity contribution is -0.158. The van der Waals surface area contributed by atoms with Gasteiger partial charge < -0.3 is 15.2 Å². The van der Waals surface area contributed by atoms with Crippen molar-refractivity contribution in [1.29, 1.82) is 0 Å². The van der Waals surface area contributed by atoms with Gasteiger partial charge >= 0.3 is 11.9 Å². The number of aliphatic carboxylic acids is 1. The van der Waals surface area contributed by atoms with E-state index in [0.29, 0.717) is 0 Å². The zero-order valence-corrected chi connectivity index (χ0v) is 13.0. The number of rotatable bonds is 6. The highest BCUT2D eigenvalue weighted by molar-refractivity contribution is 7.10. The van der Waals surface area contributed by atoms with Crippen molar-refractivity contribution < 1.29 is 24.2 Å². The summed E-state index contributed by atoms with van der Waals surface area (Å²) in [7, 11) is 0. The minimum absolute atomic E-state index is 0.0930. The van der Waals surface area contributed by atoms with Crippen LogP contribution in [0, 0.1) is 0 Å². The lowest BCUT2D eigenvalue weighted by Gasteiger charge is -2.21. The molecule has 21 heavy (non-hydrogen) atoms. The number of carboxylic acids is 1. The molecule has 116 valence electrons. The molecule has 1 amide bonds. The summed E-state index contributed by atoms with van der Waals surface area (Å²) in [6.45, 7) is 5.07. The average Bonchev–Trinajstić information content (AvgIpc) is 2.77. The molecule has 0 aromatic carbocycles. The Bertz CT molecular complexity index is 504. The van der Waals surface area contributed by atoms with Crippen molar-refractivity contribution in [2.45, 2.75) is 45.3 Å². The molecule has 0 fully saturated rings. The van der Waals surface area contributed by atoms with E-state index in [4.69, 9.17) is 9.84 Å². The minimum Gasteiger partial charge on any atom is -0.480 e. The van der Waals surface area contributed by atoms with Gasteiger partial charge in [0.15, 0.2) is 0 Å². The predicted molar refractivity (Wildman–Crippen MR) is 78.1 cm³/mol. The molecule has 7 heteroatoms. The van der Waals surface area contributed by atoms with Crippen LogP contribution >= 0.6 is 11.3 Å². The molecule has 2 N–H and O–H groups in total. The first-order valence-electron chi connectivity index (χ1n) is 6.44. The van der Waals surface area contributed by atoms with E-state index < -0.39 is 35.9 Å². The third kappa shape index (κ3) is 6.89. The van der Waals surface area contributed by atoms with E-state index in [-0.39, 0.29) is 6.42 Å². The van der Waals surface area contributed by atoms with Crippen LogP contribution < -0.4 is 5.32 Å². The van der Waals surface area contributed by atoms with E-state index in [0.717, 1.165) is 4.88 Å². The quantitative estimate of drug-likeness (QED) is 0.778. The van der Waals surface area contributed by atoms with Crippen molar-refractivity contribution in [3.63, 3.8) is 0 Å². The van der Waals surface area contributed by atoms with Crippen LogP contribution in [0.5, 0.6) is 0 Å².